The van der Waals surface area contributed by atoms with Gasteiger partial charge in [-0.2, -0.15) is 0 Å². The van der Waals surface area contributed by atoms with E-state index in [0.29, 0.717) is 5.69 Å². The van der Waals surface area contributed by atoms with Gasteiger partial charge in [0.15, 0.2) is 0 Å². The Labute approximate surface area is 140 Å². The predicted octanol–water partition coefficient (Wildman–Crippen LogP) is 1.53. The van der Waals surface area contributed by atoms with Gasteiger partial charge in [-0.3, -0.25) is 19.7 Å². The van der Waals surface area contributed by atoms with Crippen molar-refractivity contribution < 1.29 is 14.5 Å². The van der Waals surface area contributed by atoms with Gasteiger partial charge < -0.3 is 15.5 Å². The van der Waals surface area contributed by atoms with Gasteiger partial charge in [0.1, 0.15) is 5.69 Å². The smallest absolute Gasteiger partial charge is 0.293 e. The number of nitrogens with two attached hydrogens (primary N) is 1. The van der Waals surface area contributed by atoms with Crippen LogP contribution >= 0.6 is 0 Å². The van der Waals surface area contributed by atoms with Crippen LogP contribution in [0.25, 0.3) is 0 Å². The zero-order valence-corrected chi connectivity index (χ0v) is 13.9. The molecule has 8 nitrogen and oxygen atoms in total. The molecule has 1 aliphatic heterocycles. The van der Waals surface area contributed by atoms with Crippen molar-refractivity contribution >= 4 is 23.2 Å². The van der Waals surface area contributed by atoms with Gasteiger partial charge in [0.05, 0.1) is 11.5 Å². The van der Waals surface area contributed by atoms with E-state index in [1.165, 1.54) is 11.0 Å². The molecule has 0 spiro atoms. The second kappa shape index (κ2) is 7.29. The van der Waals surface area contributed by atoms with Crippen LogP contribution < -0.4 is 10.6 Å². The van der Waals surface area contributed by atoms with Gasteiger partial charge in [0, 0.05) is 30.8 Å². The zero-order chi connectivity index (χ0) is 17.9. The summed E-state index contributed by atoms with van der Waals surface area (Å²) in [7, 11) is 0. The first-order valence-electron chi connectivity index (χ1n) is 7.94. The molecule has 2 rings (SSSR count). The average Bonchev–Trinajstić information content (AvgIpc) is 3.05. The van der Waals surface area contributed by atoms with E-state index < -0.39 is 16.7 Å². The Morgan fingerprint density at radius 2 is 1.96 bits per heavy atom. The van der Waals surface area contributed by atoms with Crippen molar-refractivity contribution in [2.75, 3.05) is 24.5 Å². The number of hydrogen-bond donors (Lipinski definition) is 1. The minimum absolute atomic E-state index is 0.0921. The molecule has 1 aliphatic rings. The maximum absolute atomic E-state index is 12.6. The summed E-state index contributed by atoms with van der Waals surface area (Å²) < 4.78 is 0. The molecule has 1 aromatic carbocycles. The molecule has 0 bridgehead atoms. The van der Waals surface area contributed by atoms with Crippen LogP contribution in [-0.4, -0.2) is 47.3 Å². The Hall–Kier alpha value is -2.64. The molecule has 1 fully saturated rings. The third kappa shape index (κ3) is 3.81. The highest BCUT2D eigenvalue weighted by Gasteiger charge is 2.26. The number of benzene rings is 1. The number of nitro benzene ring substituents is 1. The molecule has 2 amide bonds. The van der Waals surface area contributed by atoms with E-state index in [2.05, 4.69) is 0 Å². The quantitative estimate of drug-likeness (QED) is 0.626. The van der Waals surface area contributed by atoms with Crippen molar-refractivity contribution in [1.82, 2.24) is 4.90 Å². The summed E-state index contributed by atoms with van der Waals surface area (Å²) in [5.41, 5.74) is 5.80. The maximum atomic E-state index is 12.6. The number of carbonyl (C=O) groups is 2. The summed E-state index contributed by atoms with van der Waals surface area (Å²) in [4.78, 5) is 38.0. The Bertz CT molecular complexity index is 653. The van der Waals surface area contributed by atoms with Crippen LogP contribution in [0.4, 0.5) is 11.4 Å². The molecule has 2 N–H and O–H groups in total. The molecular weight excluding hydrogens is 312 g/mol. The fourth-order valence-electron chi connectivity index (χ4n) is 2.85. The lowest BCUT2D eigenvalue weighted by Gasteiger charge is -2.25. The molecule has 1 heterocycles. The van der Waals surface area contributed by atoms with Crippen molar-refractivity contribution in [3.63, 3.8) is 0 Å². The number of carbonyl (C=O) groups excluding carboxylic acids is 2. The van der Waals surface area contributed by atoms with E-state index in [4.69, 9.17) is 5.73 Å². The summed E-state index contributed by atoms with van der Waals surface area (Å²) in [5, 5.41) is 11.4. The molecule has 130 valence electrons. The summed E-state index contributed by atoms with van der Waals surface area (Å²) in [6, 6.07) is 4.22. The van der Waals surface area contributed by atoms with Crippen molar-refractivity contribution in [2.45, 2.75) is 32.7 Å². The molecular formula is C16H22N4O4. The average molecular weight is 334 g/mol. The first-order chi connectivity index (χ1) is 11.3. The van der Waals surface area contributed by atoms with E-state index in [1.807, 2.05) is 4.90 Å². The van der Waals surface area contributed by atoms with Crippen LogP contribution in [0.3, 0.4) is 0 Å². The third-order valence-electron chi connectivity index (χ3n) is 4.08. The SMILES string of the molecule is CC(C)N(CC(N)=O)C(=O)c1ccc(N2CCCC2)c([N+](=O)[O-])c1. The van der Waals surface area contributed by atoms with E-state index >= 15 is 0 Å². The highest BCUT2D eigenvalue weighted by Crippen LogP contribution is 2.32. The summed E-state index contributed by atoms with van der Waals surface area (Å²) in [6.07, 6.45) is 2.00. The summed E-state index contributed by atoms with van der Waals surface area (Å²) in [6.45, 7) is 4.84. The van der Waals surface area contributed by atoms with E-state index in [0.717, 1.165) is 25.9 Å². The molecule has 0 aromatic heterocycles. The second-order valence-corrected chi connectivity index (χ2v) is 6.15. The van der Waals surface area contributed by atoms with Gasteiger partial charge in [-0.15, -0.1) is 0 Å². The molecule has 0 saturated carbocycles. The fourth-order valence-corrected chi connectivity index (χ4v) is 2.85. The number of primary amides is 1. The molecule has 0 radical (unpaired) electrons. The van der Waals surface area contributed by atoms with Crippen LogP contribution in [0, 0.1) is 10.1 Å². The second-order valence-electron chi connectivity index (χ2n) is 6.15. The molecule has 0 aliphatic carbocycles. The van der Waals surface area contributed by atoms with Gasteiger partial charge in [-0.05, 0) is 38.8 Å². The van der Waals surface area contributed by atoms with Crippen LogP contribution in [0.5, 0.6) is 0 Å². The Morgan fingerprint density at radius 3 is 2.46 bits per heavy atom. The monoisotopic (exact) mass is 334 g/mol. The molecule has 8 heteroatoms. The van der Waals surface area contributed by atoms with Crippen molar-refractivity contribution in [2.24, 2.45) is 5.73 Å². The predicted molar refractivity (Wildman–Crippen MR) is 89.9 cm³/mol. The number of rotatable bonds is 6. The minimum Gasteiger partial charge on any atom is -0.368 e. The zero-order valence-electron chi connectivity index (χ0n) is 13.9. The van der Waals surface area contributed by atoms with Crippen LogP contribution in [-0.2, 0) is 4.79 Å². The Morgan fingerprint density at radius 1 is 1.33 bits per heavy atom. The molecule has 24 heavy (non-hydrogen) atoms. The highest BCUT2D eigenvalue weighted by molar-refractivity contribution is 5.97. The number of amides is 2. The minimum atomic E-state index is -0.625. The summed E-state index contributed by atoms with van der Waals surface area (Å²) in [5.74, 6) is -1.07. The molecule has 1 aromatic rings. The van der Waals surface area contributed by atoms with E-state index in [-0.39, 0.29) is 23.8 Å². The van der Waals surface area contributed by atoms with Gasteiger partial charge in [-0.1, -0.05) is 0 Å². The van der Waals surface area contributed by atoms with Gasteiger partial charge in [-0.25, -0.2) is 0 Å². The van der Waals surface area contributed by atoms with E-state index in [1.54, 1.807) is 26.0 Å². The van der Waals surface area contributed by atoms with Crippen LogP contribution in [0.1, 0.15) is 37.0 Å². The topological polar surface area (TPSA) is 110 Å². The van der Waals surface area contributed by atoms with Crippen molar-refractivity contribution in [1.29, 1.82) is 0 Å². The van der Waals surface area contributed by atoms with Gasteiger partial charge in [0.25, 0.3) is 11.6 Å². The maximum Gasteiger partial charge on any atom is 0.293 e. The standard InChI is InChI=1S/C16H22N4O4/c1-11(2)19(10-15(17)21)16(22)12-5-6-13(14(9-12)20(23)24)18-7-3-4-8-18/h5-6,9,11H,3-4,7-8,10H2,1-2H3,(H2,17,21). The number of anilines is 1. The lowest BCUT2D eigenvalue weighted by Crippen LogP contribution is -2.42. The van der Waals surface area contributed by atoms with E-state index in [9.17, 15) is 19.7 Å². The largest absolute Gasteiger partial charge is 0.368 e. The third-order valence-corrected chi connectivity index (χ3v) is 4.08. The lowest BCUT2D eigenvalue weighted by molar-refractivity contribution is -0.384. The normalized spacial score (nSPS) is 14.0. The summed E-state index contributed by atoms with van der Waals surface area (Å²) >= 11 is 0. The molecule has 0 atom stereocenters. The van der Waals surface area contributed by atoms with Gasteiger partial charge in [0.2, 0.25) is 5.91 Å². The number of nitro groups is 1. The molecule has 0 unspecified atom stereocenters. The fraction of sp³-hybridized carbons (Fsp3) is 0.500. The number of hydrogen-bond acceptors (Lipinski definition) is 5. The lowest BCUT2D eigenvalue weighted by atomic mass is 10.1. The molecule has 1 saturated heterocycles. The Kier molecular flexibility index (Phi) is 5.38. The van der Waals surface area contributed by atoms with Gasteiger partial charge >= 0.3 is 0 Å². The Balaban J connectivity index is 2.36. The van der Waals surface area contributed by atoms with Crippen molar-refractivity contribution in [3.05, 3.63) is 33.9 Å². The number of nitrogens with zero attached hydrogens (tertiary/aromatic N) is 3. The van der Waals surface area contributed by atoms with Crippen LogP contribution in [0.2, 0.25) is 0 Å². The highest BCUT2D eigenvalue weighted by atomic mass is 16.6. The first kappa shape index (κ1) is 17.7. The van der Waals surface area contributed by atoms with Crippen LogP contribution in [0.15, 0.2) is 18.2 Å². The van der Waals surface area contributed by atoms with Crippen molar-refractivity contribution in [3.8, 4) is 0 Å². The first-order valence-corrected chi connectivity index (χ1v) is 7.94.